The predicted molar refractivity (Wildman–Crippen MR) is 82.3 cm³/mol. The number of alkyl halides is 1. The summed E-state index contributed by atoms with van der Waals surface area (Å²) in [4.78, 5) is 0. The van der Waals surface area contributed by atoms with Gasteiger partial charge in [0.1, 0.15) is 6.79 Å². The van der Waals surface area contributed by atoms with E-state index in [4.69, 9.17) is 9.47 Å². The van der Waals surface area contributed by atoms with Crippen molar-refractivity contribution in [2.24, 2.45) is 0 Å². The highest BCUT2D eigenvalue weighted by molar-refractivity contribution is 9.09. The zero-order valence-corrected chi connectivity index (χ0v) is 13.4. The summed E-state index contributed by atoms with van der Waals surface area (Å²) in [5.41, 5.74) is 0. The van der Waals surface area contributed by atoms with Crippen LogP contribution in [0.15, 0.2) is 12.2 Å². The van der Waals surface area contributed by atoms with Crippen LogP contribution < -0.4 is 0 Å². The molecular weight excluding hydrogens is 292 g/mol. The van der Waals surface area contributed by atoms with Crippen molar-refractivity contribution in [2.45, 2.75) is 58.3 Å². The summed E-state index contributed by atoms with van der Waals surface area (Å²) in [5, 5.41) is 1.03. The van der Waals surface area contributed by atoms with Crippen molar-refractivity contribution < 1.29 is 9.47 Å². The van der Waals surface area contributed by atoms with E-state index in [1.807, 2.05) is 0 Å². The van der Waals surface area contributed by atoms with Crippen LogP contribution in [-0.2, 0) is 9.47 Å². The lowest BCUT2D eigenvalue weighted by atomic mass is 10.1. The third kappa shape index (κ3) is 16.1. The zero-order valence-electron chi connectivity index (χ0n) is 11.8. The molecular formula is C15H29BrO2. The van der Waals surface area contributed by atoms with E-state index in [0.717, 1.165) is 37.8 Å². The van der Waals surface area contributed by atoms with Gasteiger partial charge >= 0.3 is 0 Å². The lowest BCUT2D eigenvalue weighted by Gasteiger charge is -2.04. The zero-order chi connectivity index (χ0) is 13.3. The molecule has 0 spiro atoms. The largest absolute Gasteiger partial charge is 0.355 e. The number of allylic oxidation sites excluding steroid dienone is 1. The molecule has 0 atom stereocenters. The second-order valence-corrected chi connectivity index (χ2v) is 5.23. The lowest BCUT2D eigenvalue weighted by molar-refractivity contribution is -0.0531. The number of halogens is 1. The Morgan fingerprint density at radius 2 is 1.50 bits per heavy atom. The van der Waals surface area contributed by atoms with Crippen LogP contribution in [0, 0.1) is 0 Å². The average Bonchev–Trinajstić information content (AvgIpc) is 2.39. The second kappa shape index (κ2) is 17.1. The third-order valence-electron chi connectivity index (χ3n) is 2.68. The Morgan fingerprint density at radius 3 is 2.28 bits per heavy atom. The molecule has 0 aliphatic heterocycles. The van der Waals surface area contributed by atoms with E-state index >= 15 is 0 Å². The highest BCUT2D eigenvalue weighted by Gasteiger charge is 1.91. The van der Waals surface area contributed by atoms with Crippen molar-refractivity contribution in [3.63, 3.8) is 0 Å². The normalized spacial score (nSPS) is 11.4. The monoisotopic (exact) mass is 320 g/mol. The van der Waals surface area contributed by atoms with Gasteiger partial charge in [0.25, 0.3) is 0 Å². The van der Waals surface area contributed by atoms with Gasteiger partial charge in [0.2, 0.25) is 0 Å². The molecule has 2 nitrogen and oxygen atoms in total. The molecule has 0 aromatic rings. The molecule has 0 aliphatic rings. The molecule has 0 heterocycles. The Bertz CT molecular complexity index is 172. The first-order valence-electron chi connectivity index (χ1n) is 7.28. The Hall–Kier alpha value is 0.140. The molecule has 0 fully saturated rings. The van der Waals surface area contributed by atoms with Crippen LogP contribution in [0.25, 0.3) is 0 Å². The van der Waals surface area contributed by atoms with Crippen molar-refractivity contribution in [1.29, 1.82) is 0 Å². The summed E-state index contributed by atoms with van der Waals surface area (Å²) in [6, 6.07) is 0. The first-order valence-corrected chi connectivity index (χ1v) is 8.40. The predicted octanol–water partition coefficient (Wildman–Crippen LogP) is 5.07. The minimum Gasteiger partial charge on any atom is -0.355 e. The van der Waals surface area contributed by atoms with E-state index in [0.29, 0.717) is 6.79 Å². The molecule has 0 saturated carbocycles. The number of hydrogen-bond acceptors (Lipinski definition) is 2. The molecule has 18 heavy (non-hydrogen) atoms. The third-order valence-corrected chi connectivity index (χ3v) is 3.14. The van der Waals surface area contributed by atoms with E-state index in [2.05, 4.69) is 35.0 Å². The number of unbranched alkanes of at least 4 members (excludes halogenated alkanes) is 5. The molecule has 0 unspecified atom stereocenters. The van der Waals surface area contributed by atoms with Gasteiger partial charge in [0.15, 0.2) is 0 Å². The topological polar surface area (TPSA) is 18.5 Å². The van der Waals surface area contributed by atoms with E-state index in [1.165, 1.54) is 32.1 Å². The fraction of sp³-hybridized carbons (Fsp3) is 0.867. The highest BCUT2D eigenvalue weighted by Crippen LogP contribution is 2.04. The minimum absolute atomic E-state index is 0.446. The standard InChI is InChI=1S/C15H29BrO2/c1-2-3-4-5-7-10-13-17-15-18-14-11-8-6-9-12-16/h6,8H,2-5,7,9-15H2,1H3/b8-6-. The maximum atomic E-state index is 5.41. The first-order chi connectivity index (χ1) is 8.91. The van der Waals surface area contributed by atoms with Crippen LogP contribution in [0.2, 0.25) is 0 Å². The van der Waals surface area contributed by atoms with Crippen LogP contribution in [0.1, 0.15) is 58.3 Å². The van der Waals surface area contributed by atoms with Crippen LogP contribution >= 0.6 is 15.9 Å². The van der Waals surface area contributed by atoms with Crippen molar-refractivity contribution in [3.05, 3.63) is 12.2 Å². The summed E-state index contributed by atoms with van der Waals surface area (Å²) in [5.74, 6) is 0. The molecule has 0 amide bonds. The molecule has 0 aliphatic carbocycles. The van der Waals surface area contributed by atoms with Gasteiger partial charge in [-0.3, -0.25) is 0 Å². The maximum absolute atomic E-state index is 5.41. The Labute approximate surface area is 121 Å². The molecule has 0 saturated heterocycles. The summed E-state index contributed by atoms with van der Waals surface area (Å²) in [7, 11) is 0. The van der Waals surface area contributed by atoms with Gasteiger partial charge in [0.05, 0.1) is 6.61 Å². The lowest BCUT2D eigenvalue weighted by Crippen LogP contribution is -2.02. The molecule has 0 aromatic carbocycles. The van der Waals surface area contributed by atoms with Crippen molar-refractivity contribution in [2.75, 3.05) is 25.3 Å². The molecule has 0 radical (unpaired) electrons. The molecule has 0 N–H and O–H groups in total. The van der Waals surface area contributed by atoms with Crippen molar-refractivity contribution in [1.82, 2.24) is 0 Å². The van der Waals surface area contributed by atoms with E-state index < -0.39 is 0 Å². The quantitative estimate of drug-likeness (QED) is 0.192. The summed E-state index contributed by atoms with van der Waals surface area (Å²) in [6.07, 6.45) is 14.3. The number of hydrogen-bond donors (Lipinski definition) is 0. The fourth-order valence-electron chi connectivity index (χ4n) is 1.61. The molecule has 0 bridgehead atoms. The van der Waals surface area contributed by atoms with Crippen LogP contribution in [0.5, 0.6) is 0 Å². The highest BCUT2D eigenvalue weighted by atomic mass is 79.9. The number of ether oxygens (including phenoxy) is 2. The SMILES string of the molecule is CCCCCCCCOCOCC/C=C\CCBr. The smallest absolute Gasteiger partial charge is 0.146 e. The number of rotatable bonds is 14. The maximum Gasteiger partial charge on any atom is 0.146 e. The van der Waals surface area contributed by atoms with Crippen molar-refractivity contribution in [3.8, 4) is 0 Å². The fourth-order valence-corrected chi connectivity index (χ4v) is 1.88. The summed E-state index contributed by atoms with van der Waals surface area (Å²) < 4.78 is 10.8. The van der Waals surface area contributed by atoms with Gasteiger partial charge in [-0.2, -0.15) is 0 Å². The van der Waals surface area contributed by atoms with E-state index in [1.54, 1.807) is 0 Å². The van der Waals surface area contributed by atoms with E-state index in [9.17, 15) is 0 Å². The van der Waals surface area contributed by atoms with Gasteiger partial charge < -0.3 is 9.47 Å². The molecule has 0 rings (SSSR count). The molecule has 0 aromatic heterocycles. The van der Waals surface area contributed by atoms with Gasteiger partial charge in [-0.1, -0.05) is 67.1 Å². The molecule has 108 valence electrons. The Morgan fingerprint density at radius 1 is 0.833 bits per heavy atom. The Kier molecular flexibility index (Phi) is 17.3. The van der Waals surface area contributed by atoms with Gasteiger partial charge in [-0.05, 0) is 19.3 Å². The first kappa shape index (κ1) is 18.1. The van der Waals surface area contributed by atoms with Gasteiger partial charge in [-0.15, -0.1) is 0 Å². The summed E-state index contributed by atoms with van der Waals surface area (Å²) in [6.45, 7) is 4.29. The van der Waals surface area contributed by atoms with Gasteiger partial charge in [-0.25, -0.2) is 0 Å². The van der Waals surface area contributed by atoms with Crippen LogP contribution in [0.3, 0.4) is 0 Å². The van der Waals surface area contributed by atoms with Gasteiger partial charge in [0, 0.05) is 11.9 Å². The summed E-state index contributed by atoms with van der Waals surface area (Å²) >= 11 is 3.38. The van der Waals surface area contributed by atoms with E-state index in [-0.39, 0.29) is 0 Å². The van der Waals surface area contributed by atoms with Crippen LogP contribution in [0.4, 0.5) is 0 Å². The minimum atomic E-state index is 0.446. The van der Waals surface area contributed by atoms with Crippen molar-refractivity contribution >= 4 is 15.9 Å². The Balaban J connectivity index is 2.94. The average molecular weight is 321 g/mol. The molecule has 3 heteroatoms. The van der Waals surface area contributed by atoms with Crippen LogP contribution in [-0.4, -0.2) is 25.3 Å². The second-order valence-electron chi connectivity index (χ2n) is 4.44.